The van der Waals surface area contributed by atoms with Gasteiger partial charge in [-0.25, -0.2) is 0 Å². The highest BCUT2D eigenvalue weighted by Gasteiger charge is 2.32. The molecule has 1 unspecified atom stereocenters. The maximum atomic E-state index is 12.8. The molecule has 2 aliphatic rings. The zero-order valence-electron chi connectivity index (χ0n) is 18.0. The van der Waals surface area contributed by atoms with E-state index in [0.717, 1.165) is 19.6 Å². The molecule has 9 nitrogen and oxygen atoms in total. The second-order valence-electron chi connectivity index (χ2n) is 8.09. The predicted octanol–water partition coefficient (Wildman–Crippen LogP) is 3.45. The molecule has 0 aliphatic carbocycles. The van der Waals surface area contributed by atoms with Gasteiger partial charge >= 0.3 is 0 Å². The molecular formula is C23H26N4O5. The minimum Gasteiger partial charge on any atom is -0.479 e. The van der Waals surface area contributed by atoms with E-state index in [1.165, 1.54) is 43.5 Å². The predicted molar refractivity (Wildman–Crippen MR) is 120 cm³/mol. The van der Waals surface area contributed by atoms with Crippen molar-refractivity contribution in [3.05, 3.63) is 58.1 Å². The number of piperidine rings is 1. The normalized spacial score (nSPS) is 18.6. The molecule has 1 atom stereocenters. The summed E-state index contributed by atoms with van der Waals surface area (Å²) < 4.78 is 5.76. The van der Waals surface area contributed by atoms with Crippen LogP contribution in [-0.2, 0) is 4.79 Å². The zero-order chi connectivity index (χ0) is 22.7. The number of hydrogen-bond donors (Lipinski definition) is 1. The van der Waals surface area contributed by atoms with E-state index in [2.05, 4.69) is 10.2 Å². The first kappa shape index (κ1) is 21.8. The first-order valence-corrected chi connectivity index (χ1v) is 10.8. The summed E-state index contributed by atoms with van der Waals surface area (Å²) in [6, 6.07) is 10.6. The summed E-state index contributed by atoms with van der Waals surface area (Å²) in [5.41, 5.74) is 1.37. The molecule has 2 aromatic rings. The topological polar surface area (TPSA) is 105 Å². The molecule has 1 fully saturated rings. The standard InChI is InChI=1S/C23H26N4O5/c1-16-23(29)26(14-13-25-11-3-2-4-12-25)20-15-18(7-10-21(20)32-16)24-22(28)17-5-8-19(9-6-17)27(30)31/h5-10,15-16H,2-4,11-14H2,1H3,(H,24,28). The number of non-ortho nitro benzene ring substituents is 1. The van der Waals surface area contributed by atoms with E-state index in [4.69, 9.17) is 4.74 Å². The number of carbonyl (C=O) groups excluding carboxylic acids is 2. The van der Waals surface area contributed by atoms with E-state index in [1.807, 2.05) is 0 Å². The third-order valence-electron chi connectivity index (χ3n) is 5.85. The Labute approximate surface area is 186 Å². The van der Waals surface area contributed by atoms with Crippen molar-refractivity contribution in [1.82, 2.24) is 4.90 Å². The number of nitro groups is 1. The highest BCUT2D eigenvalue weighted by Crippen LogP contribution is 2.36. The van der Waals surface area contributed by atoms with E-state index < -0.39 is 16.9 Å². The van der Waals surface area contributed by atoms with Gasteiger partial charge < -0.3 is 19.9 Å². The minimum absolute atomic E-state index is 0.0792. The number of nitrogens with zero attached hydrogens (tertiary/aromatic N) is 3. The second kappa shape index (κ2) is 9.35. The van der Waals surface area contributed by atoms with Crippen LogP contribution in [0.15, 0.2) is 42.5 Å². The van der Waals surface area contributed by atoms with Crippen molar-refractivity contribution >= 4 is 28.9 Å². The molecular weight excluding hydrogens is 412 g/mol. The van der Waals surface area contributed by atoms with Gasteiger partial charge in [0.1, 0.15) is 5.75 Å². The summed E-state index contributed by atoms with van der Waals surface area (Å²) in [4.78, 5) is 39.8. The Hall–Kier alpha value is -3.46. The van der Waals surface area contributed by atoms with E-state index in [-0.39, 0.29) is 11.6 Å². The Morgan fingerprint density at radius 1 is 1.12 bits per heavy atom. The van der Waals surface area contributed by atoms with Gasteiger partial charge in [-0.05, 0) is 63.2 Å². The van der Waals surface area contributed by atoms with Gasteiger partial charge in [-0.2, -0.15) is 0 Å². The maximum Gasteiger partial charge on any atom is 0.269 e. The SMILES string of the molecule is CC1Oc2ccc(NC(=O)c3ccc([N+](=O)[O-])cc3)cc2N(CCN2CCCCC2)C1=O. The quantitative estimate of drug-likeness (QED) is 0.547. The van der Waals surface area contributed by atoms with Gasteiger partial charge in [-0.15, -0.1) is 0 Å². The summed E-state index contributed by atoms with van der Waals surface area (Å²) in [6.45, 7) is 5.18. The molecule has 2 amide bonds. The molecule has 1 N–H and O–H groups in total. The molecule has 168 valence electrons. The first-order valence-electron chi connectivity index (χ1n) is 10.8. The van der Waals surface area contributed by atoms with Crippen LogP contribution in [0.5, 0.6) is 5.75 Å². The summed E-state index contributed by atoms with van der Waals surface area (Å²) >= 11 is 0. The molecule has 1 saturated heterocycles. The van der Waals surface area contributed by atoms with E-state index in [9.17, 15) is 19.7 Å². The fourth-order valence-corrected chi connectivity index (χ4v) is 4.08. The second-order valence-corrected chi connectivity index (χ2v) is 8.09. The van der Waals surface area contributed by atoms with Crippen LogP contribution in [0.1, 0.15) is 36.5 Å². The highest BCUT2D eigenvalue weighted by molar-refractivity contribution is 6.05. The lowest BCUT2D eigenvalue weighted by molar-refractivity contribution is -0.384. The number of nitrogens with one attached hydrogen (secondary N) is 1. The van der Waals surface area contributed by atoms with Gasteiger partial charge in [-0.1, -0.05) is 6.42 Å². The molecule has 2 aromatic carbocycles. The van der Waals surface area contributed by atoms with Gasteiger partial charge in [0.25, 0.3) is 17.5 Å². The largest absolute Gasteiger partial charge is 0.479 e. The summed E-state index contributed by atoms with van der Waals surface area (Å²) in [7, 11) is 0. The summed E-state index contributed by atoms with van der Waals surface area (Å²) in [5.74, 6) is 0.105. The monoisotopic (exact) mass is 438 g/mol. The molecule has 2 aliphatic heterocycles. The molecule has 0 aromatic heterocycles. The van der Waals surface area contributed by atoms with Crippen LogP contribution in [0.2, 0.25) is 0 Å². The molecule has 0 spiro atoms. The Morgan fingerprint density at radius 2 is 1.84 bits per heavy atom. The van der Waals surface area contributed by atoms with Gasteiger partial charge in [0.2, 0.25) is 0 Å². The fraction of sp³-hybridized carbons (Fsp3) is 0.391. The molecule has 0 bridgehead atoms. The summed E-state index contributed by atoms with van der Waals surface area (Å²) in [5, 5.41) is 13.6. The van der Waals surface area contributed by atoms with E-state index in [0.29, 0.717) is 29.2 Å². The Bertz CT molecular complexity index is 1020. The highest BCUT2D eigenvalue weighted by atomic mass is 16.6. The van der Waals surface area contributed by atoms with Crippen LogP contribution >= 0.6 is 0 Å². The maximum absolute atomic E-state index is 12.8. The van der Waals surface area contributed by atoms with Gasteiger partial charge in [0, 0.05) is 36.5 Å². The molecule has 32 heavy (non-hydrogen) atoms. The Kier molecular flexibility index (Phi) is 6.36. The van der Waals surface area contributed by atoms with E-state index in [1.54, 1.807) is 30.0 Å². The lowest BCUT2D eigenvalue weighted by atomic mass is 10.1. The number of amides is 2. The van der Waals surface area contributed by atoms with Crippen molar-refractivity contribution in [2.75, 3.05) is 36.4 Å². The Morgan fingerprint density at radius 3 is 2.53 bits per heavy atom. The van der Waals surface area contributed by atoms with E-state index >= 15 is 0 Å². The van der Waals surface area contributed by atoms with Crippen molar-refractivity contribution in [1.29, 1.82) is 0 Å². The number of hydrogen-bond acceptors (Lipinski definition) is 6. The number of nitro benzene ring substituents is 1. The van der Waals surface area contributed by atoms with Gasteiger partial charge in [0.05, 0.1) is 10.6 Å². The van der Waals surface area contributed by atoms with Crippen LogP contribution in [-0.4, -0.2) is 53.9 Å². The van der Waals surface area contributed by atoms with Crippen molar-refractivity contribution in [3.8, 4) is 5.75 Å². The van der Waals surface area contributed by atoms with Crippen LogP contribution in [0.4, 0.5) is 17.1 Å². The van der Waals surface area contributed by atoms with Crippen molar-refractivity contribution in [3.63, 3.8) is 0 Å². The van der Waals surface area contributed by atoms with Gasteiger partial charge in [0.15, 0.2) is 6.10 Å². The number of likely N-dealkylation sites (tertiary alicyclic amines) is 1. The smallest absolute Gasteiger partial charge is 0.269 e. The van der Waals surface area contributed by atoms with Crippen molar-refractivity contribution < 1.29 is 19.2 Å². The fourth-order valence-electron chi connectivity index (χ4n) is 4.08. The van der Waals surface area contributed by atoms with Gasteiger partial charge in [-0.3, -0.25) is 19.7 Å². The first-order chi connectivity index (χ1) is 15.4. The number of benzene rings is 2. The molecule has 9 heteroatoms. The number of ether oxygens (including phenoxy) is 1. The lowest BCUT2D eigenvalue weighted by Gasteiger charge is -2.35. The van der Waals surface area contributed by atoms with Crippen LogP contribution < -0.4 is 15.0 Å². The summed E-state index contributed by atoms with van der Waals surface area (Å²) in [6.07, 6.45) is 3.06. The zero-order valence-corrected chi connectivity index (χ0v) is 18.0. The third kappa shape index (κ3) is 4.72. The molecule has 0 radical (unpaired) electrons. The van der Waals surface area contributed by atoms with Crippen molar-refractivity contribution in [2.45, 2.75) is 32.3 Å². The minimum atomic E-state index is -0.565. The number of anilines is 2. The van der Waals surface area contributed by atoms with Crippen LogP contribution in [0.3, 0.4) is 0 Å². The average Bonchev–Trinajstić information content (AvgIpc) is 2.80. The molecule has 2 heterocycles. The van der Waals surface area contributed by atoms with Crippen molar-refractivity contribution in [2.24, 2.45) is 0 Å². The lowest BCUT2D eigenvalue weighted by Crippen LogP contribution is -2.48. The number of fused-ring (bicyclic) bond motifs is 1. The Balaban J connectivity index is 1.50. The number of rotatable bonds is 6. The van der Waals surface area contributed by atoms with Crippen LogP contribution in [0.25, 0.3) is 0 Å². The van der Waals surface area contributed by atoms with Crippen LogP contribution in [0, 0.1) is 10.1 Å². The average molecular weight is 438 g/mol. The molecule has 4 rings (SSSR count). The molecule has 0 saturated carbocycles. The number of carbonyl (C=O) groups is 2. The third-order valence-corrected chi connectivity index (χ3v) is 5.85.